The van der Waals surface area contributed by atoms with Crippen molar-refractivity contribution in [2.75, 3.05) is 36.4 Å². The number of aromatic nitrogens is 3. The average Bonchev–Trinajstić information content (AvgIpc) is 2.85. The highest BCUT2D eigenvalue weighted by Gasteiger charge is 2.30. The van der Waals surface area contributed by atoms with Gasteiger partial charge in [-0.05, 0) is 35.7 Å². The van der Waals surface area contributed by atoms with E-state index < -0.39 is 10.0 Å². The third kappa shape index (κ3) is 4.00. The fourth-order valence-electron chi connectivity index (χ4n) is 3.86. The highest BCUT2D eigenvalue weighted by Crippen LogP contribution is 2.27. The summed E-state index contributed by atoms with van der Waals surface area (Å²) in [6.07, 6.45) is 3.41. The van der Waals surface area contributed by atoms with E-state index in [-0.39, 0.29) is 0 Å². The van der Waals surface area contributed by atoms with Gasteiger partial charge in [0.25, 0.3) is 0 Å². The minimum atomic E-state index is -3.58. The Morgan fingerprint density at radius 1 is 0.781 bits per heavy atom. The van der Waals surface area contributed by atoms with Crippen LogP contribution in [0.1, 0.15) is 0 Å². The summed E-state index contributed by atoms with van der Waals surface area (Å²) in [7, 11) is -3.58. The summed E-state index contributed by atoms with van der Waals surface area (Å²) in [5.74, 6) is 1.37. The zero-order valence-electron chi connectivity index (χ0n) is 17.3. The second kappa shape index (κ2) is 8.52. The number of sulfonamides is 1. The van der Waals surface area contributed by atoms with Gasteiger partial charge in [-0.3, -0.25) is 4.98 Å². The highest BCUT2D eigenvalue weighted by molar-refractivity contribution is 7.89. The van der Waals surface area contributed by atoms with Crippen LogP contribution in [0.4, 0.5) is 17.3 Å². The summed E-state index contributed by atoms with van der Waals surface area (Å²) < 4.78 is 28.2. The topological polar surface area (TPSA) is 91.3 Å². The lowest BCUT2D eigenvalue weighted by Gasteiger charge is -2.34. The molecule has 1 N–H and O–H groups in total. The number of pyridine rings is 1. The molecular formula is C23H22N6O2S. The molecule has 8 nitrogen and oxygen atoms in total. The molecule has 2 aromatic carbocycles. The predicted molar refractivity (Wildman–Crippen MR) is 124 cm³/mol. The van der Waals surface area contributed by atoms with Crippen LogP contribution in [0.5, 0.6) is 0 Å². The number of benzene rings is 2. The molecule has 1 saturated heterocycles. The maximum Gasteiger partial charge on any atom is 0.243 e. The summed E-state index contributed by atoms with van der Waals surface area (Å²) in [6.45, 7) is 1.89. The number of anilines is 3. The van der Waals surface area contributed by atoms with Gasteiger partial charge in [0.15, 0.2) is 11.6 Å². The summed E-state index contributed by atoms with van der Waals surface area (Å²) >= 11 is 0. The van der Waals surface area contributed by atoms with E-state index in [1.807, 2.05) is 54.6 Å². The van der Waals surface area contributed by atoms with Crippen LogP contribution in [0.3, 0.4) is 0 Å². The molecule has 0 atom stereocenters. The second-order valence-electron chi connectivity index (χ2n) is 7.51. The molecule has 1 aliphatic rings. The third-order valence-electron chi connectivity index (χ3n) is 5.53. The van der Waals surface area contributed by atoms with E-state index in [9.17, 15) is 8.42 Å². The van der Waals surface area contributed by atoms with Gasteiger partial charge >= 0.3 is 0 Å². The second-order valence-corrected chi connectivity index (χ2v) is 9.41. The number of hydrogen-bond acceptors (Lipinski definition) is 7. The Hall–Kier alpha value is -3.56. The smallest absolute Gasteiger partial charge is 0.243 e. The van der Waals surface area contributed by atoms with Gasteiger partial charge < -0.3 is 10.2 Å². The molecule has 1 aliphatic heterocycles. The van der Waals surface area contributed by atoms with Crippen molar-refractivity contribution < 1.29 is 8.42 Å². The van der Waals surface area contributed by atoms with Crippen molar-refractivity contribution in [3.8, 4) is 0 Å². The van der Waals surface area contributed by atoms with Crippen LogP contribution in [-0.2, 0) is 10.0 Å². The van der Waals surface area contributed by atoms with Gasteiger partial charge in [0.05, 0.1) is 4.90 Å². The first-order valence-electron chi connectivity index (χ1n) is 10.3. The lowest BCUT2D eigenvalue weighted by molar-refractivity contribution is 0.384. The molecule has 0 bridgehead atoms. The Morgan fingerprint density at radius 2 is 1.53 bits per heavy atom. The number of rotatable bonds is 5. The van der Waals surface area contributed by atoms with Crippen molar-refractivity contribution in [2.24, 2.45) is 0 Å². The molecule has 5 rings (SSSR count). The Morgan fingerprint density at radius 3 is 2.28 bits per heavy atom. The number of nitrogens with zero attached hydrogens (tertiary/aromatic N) is 5. The normalized spacial score (nSPS) is 15.1. The van der Waals surface area contributed by atoms with Crippen molar-refractivity contribution in [3.63, 3.8) is 0 Å². The molecule has 0 saturated carbocycles. The largest absolute Gasteiger partial charge is 0.352 e. The lowest BCUT2D eigenvalue weighted by Crippen LogP contribution is -2.49. The van der Waals surface area contributed by atoms with Crippen LogP contribution in [-0.4, -0.2) is 54.1 Å². The first-order valence-corrected chi connectivity index (χ1v) is 11.8. The first kappa shape index (κ1) is 20.3. The minimum absolute atomic E-state index is 0.357. The van der Waals surface area contributed by atoms with Gasteiger partial charge in [-0.25, -0.2) is 8.42 Å². The summed E-state index contributed by atoms with van der Waals surface area (Å²) in [5.41, 5.74) is 0.884. The Kier molecular flexibility index (Phi) is 5.42. The van der Waals surface area contributed by atoms with Gasteiger partial charge in [0.1, 0.15) is 0 Å². The molecule has 9 heteroatoms. The van der Waals surface area contributed by atoms with Crippen LogP contribution in [0.2, 0.25) is 0 Å². The molecule has 3 heterocycles. The SMILES string of the molecule is O=S(=O)(c1cccc2ccccc12)N1CCN(c2ccc(Nc3ccncc3)nn2)CC1. The van der Waals surface area contributed by atoms with E-state index in [2.05, 4.69) is 25.4 Å². The lowest BCUT2D eigenvalue weighted by atomic mass is 10.1. The van der Waals surface area contributed by atoms with Crippen molar-refractivity contribution in [1.82, 2.24) is 19.5 Å². The maximum absolute atomic E-state index is 13.3. The molecule has 0 radical (unpaired) electrons. The summed E-state index contributed by atoms with van der Waals surface area (Å²) in [5, 5.41) is 13.4. The first-order chi connectivity index (χ1) is 15.6. The number of hydrogen-bond donors (Lipinski definition) is 1. The van der Waals surface area contributed by atoms with Crippen LogP contribution in [0.25, 0.3) is 10.8 Å². The quantitative estimate of drug-likeness (QED) is 0.503. The molecule has 0 spiro atoms. The Bertz CT molecular complexity index is 1320. The molecule has 0 unspecified atom stereocenters. The van der Waals surface area contributed by atoms with Crippen molar-refractivity contribution >= 4 is 38.1 Å². The van der Waals surface area contributed by atoms with E-state index >= 15 is 0 Å². The highest BCUT2D eigenvalue weighted by atomic mass is 32.2. The summed E-state index contributed by atoms with van der Waals surface area (Å²) in [6, 6.07) is 20.4. The van der Waals surface area contributed by atoms with E-state index in [0.717, 1.165) is 22.3 Å². The Balaban J connectivity index is 1.27. The monoisotopic (exact) mass is 446 g/mol. The molecule has 162 valence electrons. The average molecular weight is 447 g/mol. The van der Waals surface area contributed by atoms with Crippen LogP contribution >= 0.6 is 0 Å². The fourth-order valence-corrected chi connectivity index (χ4v) is 5.50. The standard InChI is InChI=1S/C23H22N6O2S/c30-32(31,21-7-3-5-18-4-1-2-6-20(18)21)29-16-14-28(15-17-29)23-9-8-22(26-27-23)25-19-10-12-24-13-11-19/h1-13H,14-17H2,(H,24,25,26). The summed E-state index contributed by atoms with van der Waals surface area (Å²) in [4.78, 5) is 6.40. The van der Waals surface area contributed by atoms with Crippen molar-refractivity contribution in [3.05, 3.63) is 79.1 Å². The molecule has 0 aliphatic carbocycles. The maximum atomic E-state index is 13.3. The molecule has 4 aromatic rings. The molecule has 1 fully saturated rings. The number of piperazine rings is 1. The van der Waals surface area contributed by atoms with Gasteiger partial charge in [-0.2, -0.15) is 4.31 Å². The van der Waals surface area contributed by atoms with E-state index in [0.29, 0.717) is 36.9 Å². The molecule has 0 amide bonds. The van der Waals surface area contributed by atoms with E-state index in [4.69, 9.17) is 0 Å². The van der Waals surface area contributed by atoms with Gasteiger partial charge in [0, 0.05) is 49.6 Å². The van der Waals surface area contributed by atoms with Crippen LogP contribution in [0, 0.1) is 0 Å². The third-order valence-corrected chi connectivity index (χ3v) is 7.49. The van der Waals surface area contributed by atoms with Crippen molar-refractivity contribution in [1.29, 1.82) is 0 Å². The number of nitrogens with one attached hydrogen (secondary N) is 1. The zero-order chi connectivity index (χ0) is 22.0. The van der Waals surface area contributed by atoms with Gasteiger partial charge in [-0.15, -0.1) is 10.2 Å². The minimum Gasteiger partial charge on any atom is -0.352 e. The van der Waals surface area contributed by atoms with Gasteiger partial charge in [0.2, 0.25) is 10.0 Å². The van der Waals surface area contributed by atoms with E-state index in [1.165, 1.54) is 0 Å². The predicted octanol–water partition coefficient (Wildman–Crippen LogP) is 3.28. The number of fused-ring (bicyclic) bond motifs is 1. The van der Waals surface area contributed by atoms with E-state index in [1.54, 1.807) is 28.8 Å². The Labute approximate surface area is 186 Å². The fraction of sp³-hybridized carbons (Fsp3) is 0.174. The van der Waals surface area contributed by atoms with Gasteiger partial charge in [-0.1, -0.05) is 36.4 Å². The van der Waals surface area contributed by atoms with Crippen molar-refractivity contribution in [2.45, 2.75) is 4.90 Å². The molecule has 32 heavy (non-hydrogen) atoms. The van der Waals surface area contributed by atoms with Crippen LogP contribution in [0.15, 0.2) is 84.0 Å². The molecular weight excluding hydrogens is 424 g/mol. The zero-order valence-corrected chi connectivity index (χ0v) is 18.1. The van der Waals surface area contributed by atoms with Crippen LogP contribution < -0.4 is 10.2 Å². The molecule has 2 aromatic heterocycles.